The normalized spacial score (nSPS) is 17.1. The molecule has 0 saturated carbocycles. The highest BCUT2D eigenvalue weighted by atomic mass is 16.3. The predicted octanol–water partition coefficient (Wildman–Crippen LogP) is 1.46. The Morgan fingerprint density at radius 3 is 3.05 bits per heavy atom. The average molecular weight is 273 g/mol. The first kappa shape index (κ1) is 12.5. The van der Waals surface area contributed by atoms with Crippen molar-refractivity contribution in [2.75, 3.05) is 22.6 Å². The summed E-state index contributed by atoms with van der Waals surface area (Å²) in [6, 6.07) is 3.42. The van der Waals surface area contributed by atoms with E-state index in [1.165, 1.54) is 6.33 Å². The smallest absolute Gasteiger partial charge is 0.246 e. The summed E-state index contributed by atoms with van der Waals surface area (Å²) >= 11 is 0. The third-order valence-electron chi connectivity index (χ3n) is 3.16. The Hall–Kier alpha value is -2.57. The zero-order valence-electron chi connectivity index (χ0n) is 11.3. The summed E-state index contributed by atoms with van der Waals surface area (Å²) in [6.45, 7) is 2.34. The van der Waals surface area contributed by atoms with Crippen molar-refractivity contribution < 1.29 is 9.21 Å². The Morgan fingerprint density at radius 2 is 2.30 bits per heavy atom. The number of aromatic nitrogens is 2. The lowest BCUT2D eigenvalue weighted by Gasteiger charge is -2.27. The zero-order valence-corrected chi connectivity index (χ0v) is 11.3. The molecule has 1 unspecified atom stereocenters. The van der Waals surface area contributed by atoms with E-state index in [9.17, 15) is 4.79 Å². The first-order valence-corrected chi connectivity index (χ1v) is 6.31. The van der Waals surface area contributed by atoms with E-state index in [0.717, 1.165) is 5.76 Å². The number of hydrogen-bond donors (Lipinski definition) is 2. The van der Waals surface area contributed by atoms with Crippen LogP contribution in [0.3, 0.4) is 0 Å². The highest BCUT2D eigenvalue weighted by Crippen LogP contribution is 2.32. The first-order chi connectivity index (χ1) is 9.65. The van der Waals surface area contributed by atoms with Gasteiger partial charge in [-0.25, -0.2) is 9.97 Å². The first-order valence-electron chi connectivity index (χ1n) is 6.31. The van der Waals surface area contributed by atoms with Crippen molar-refractivity contribution in [2.24, 2.45) is 0 Å². The summed E-state index contributed by atoms with van der Waals surface area (Å²) < 4.78 is 5.32. The Kier molecular flexibility index (Phi) is 3.02. The minimum absolute atomic E-state index is 0.0973. The van der Waals surface area contributed by atoms with Crippen LogP contribution in [0.5, 0.6) is 0 Å². The number of carbonyl (C=O) groups is 1. The molecule has 0 radical (unpaired) electrons. The molecule has 0 aliphatic carbocycles. The largest absolute Gasteiger partial charge is 0.467 e. The van der Waals surface area contributed by atoms with E-state index in [-0.39, 0.29) is 11.9 Å². The van der Waals surface area contributed by atoms with Gasteiger partial charge < -0.3 is 20.0 Å². The van der Waals surface area contributed by atoms with Crippen LogP contribution in [0.1, 0.15) is 12.7 Å². The van der Waals surface area contributed by atoms with Crippen molar-refractivity contribution >= 4 is 23.2 Å². The fraction of sp³-hybridized carbons (Fsp3) is 0.308. The molecule has 3 heterocycles. The van der Waals surface area contributed by atoms with Crippen molar-refractivity contribution in [1.29, 1.82) is 0 Å². The number of amides is 1. The highest BCUT2D eigenvalue weighted by Gasteiger charge is 2.26. The van der Waals surface area contributed by atoms with Crippen LogP contribution < -0.4 is 15.5 Å². The maximum Gasteiger partial charge on any atom is 0.246 e. The number of carbonyl (C=O) groups excluding carboxylic acids is 1. The van der Waals surface area contributed by atoms with E-state index in [2.05, 4.69) is 20.6 Å². The van der Waals surface area contributed by atoms with Gasteiger partial charge in [-0.05, 0) is 19.1 Å². The monoisotopic (exact) mass is 273 g/mol. The van der Waals surface area contributed by atoms with Crippen LogP contribution in [0.25, 0.3) is 0 Å². The number of nitrogens with zero attached hydrogens (tertiary/aromatic N) is 3. The predicted molar refractivity (Wildman–Crippen MR) is 74.6 cm³/mol. The number of fused-ring (bicyclic) bond motifs is 1. The van der Waals surface area contributed by atoms with Crippen LogP contribution >= 0.6 is 0 Å². The molecule has 1 atom stereocenters. The molecule has 2 N–H and O–H groups in total. The molecule has 7 nitrogen and oxygen atoms in total. The van der Waals surface area contributed by atoms with Crippen molar-refractivity contribution in [3.8, 4) is 0 Å². The third kappa shape index (κ3) is 2.18. The summed E-state index contributed by atoms with van der Waals surface area (Å²) in [5, 5.41) is 5.89. The number of anilines is 3. The minimum Gasteiger partial charge on any atom is -0.467 e. The minimum atomic E-state index is -0.305. The van der Waals surface area contributed by atoms with Crippen LogP contribution in [0, 0.1) is 0 Å². The molecule has 0 spiro atoms. The van der Waals surface area contributed by atoms with Crippen LogP contribution in [0.4, 0.5) is 17.3 Å². The zero-order chi connectivity index (χ0) is 14.1. The molecule has 104 valence electrons. The Morgan fingerprint density at radius 1 is 1.45 bits per heavy atom. The topological polar surface area (TPSA) is 83.3 Å². The van der Waals surface area contributed by atoms with Gasteiger partial charge >= 0.3 is 0 Å². The molecule has 0 aromatic carbocycles. The van der Waals surface area contributed by atoms with Crippen LogP contribution in [-0.4, -0.2) is 29.0 Å². The molecule has 0 fully saturated rings. The molecule has 20 heavy (non-hydrogen) atoms. The lowest BCUT2D eigenvalue weighted by Crippen LogP contribution is -2.38. The van der Waals surface area contributed by atoms with E-state index in [1.807, 2.05) is 24.1 Å². The molecular formula is C13H15N5O2. The SMILES string of the molecule is CC1Nc2ncnc(N(C)Cc3ccco3)c2NC1=O. The fourth-order valence-corrected chi connectivity index (χ4v) is 2.10. The number of furan rings is 1. The van der Waals surface area contributed by atoms with Gasteiger partial charge in [-0.1, -0.05) is 0 Å². The van der Waals surface area contributed by atoms with Crippen molar-refractivity contribution in [3.63, 3.8) is 0 Å². The molecule has 2 aromatic heterocycles. The van der Waals surface area contributed by atoms with Gasteiger partial charge in [0.05, 0.1) is 12.8 Å². The molecule has 0 saturated heterocycles. The second-order valence-corrected chi connectivity index (χ2v) is 4.71. The summed E-state index contributed by atoms with van der Waals surface area (Å²) in [5.74, 6) is 2.01. The summed E-state index contributed by atoms with van der Waals surface area (Å²) in [5.41, 5.74) is 0.602. The molecule has 3 rings (SSSR count). The van der Waals surface area contributed by atoms with Crippen LogP contribution in [0.2, 0.25) is 0 Å². The van der Waals surface area contributed by atoms with E-state index in [4.69, 9.17) is 4.42 Å². The molecule has 1 aliphatic rings. The van der Waals surface area contributed by atoms with E-state index in [1.54, 1.807) is 13.2 Å². The summed E-state index contributed by atoms with van der Waals surface area (Å²) in [4.78, 5) is 22.1. The third-order valence-corrected chi connectivity index (χ3v) is 3.16. The molecular weight excluding hydrogens is 258 g/mol. The highest BCUT2D eigenvalue weighted by molar-refractivity contribution is 6.04. The van der Waals surface area contributed by atoms with Gasteiger partial charge in [-0.15, -0.1) is 0 Å². The van der Waals surface area contributed by atoms with Gasteiger partial charge in [-0.3, -0.25) is 4.79 Å². The van der Waals surface area contributed by atoms with Gasteiger partial charge in [0.2, 0.25) is 5.91 Å². The number of rotatable bonds is 3. The van der Waals surface area contributed by atoms with Gasteiger partial charge in [-0.2, -0.15) is 0 Å². The Bertz CT molecular complexity index is 626. The maximum atomic E-state index is 11.8. The van der Waals surface area contributed by atoms with Crippen LogP contribution in [0.15, 0.2) is 29.1 Å². The van der Waals surface area contributed by atoms with Gasteiger partial charge in [0.1, 0.15) is 23.8 Å². The maximum absolute atomic E-state index is 11.8. The summed E-state index contributed by atoms with van der Waals surface area (Å²) in [7, 11) is 1.88. The van der Waals surface area contributed by atoms with Gasteiger partial charge in [0.25, 0.3) is 0 Å². The summed E-state index contributed by atoms with van der Waals surface area (Å²) in [6.07, 6.45) is 3.10. The van der Waals surface area contributed by atoms with E-state index in [0.29, 0.717) is 23.9 Å². The Balaban J connectivity index is 1.90. The van der Waals surface area contributed by atoms with Crippen molar-refractivity contribution in [1.82, 2.24) is 9.97 Å². The fourth-order valence-electron chi connectivity index (χ4n) is 2.10. The second-order valence-electron chi connectivity index (χ2n) is 4.71. The van der Waals surface area contributed by atoms with E-state index < -0.39 is 0 Å². The van der Waals surface area contributed by atoms with E-state index >= 15 is 0 Å². The molecule has 0 bridgehead atoms. The second kappa shape index (κ2) is 4.84. The molecule has 7 heteroatoms. The van der Waals surface area contributed by atoms with Gasteiger partial charge in [0.15, 0.2) is 11.6 Å². The standard InChI is InChI=1S/C13H15N5O2/c1-8-13(19)17-10-11(16-8)14-7-15-12(10)18(2)6-9-4-3-5-20-9/h3-5,7-8H,6H2,1-2H3,(H,17,19)(H,14,15,16). The lowest BCUT2D eigenvalue weighted by atomic mass is 10.2. The lowest BCUT2D eigenvalue weighted by molar-refractivity contribution is -0.116. The molecule has 2 aromatic rings. The van der Waals surface area contributed by atoms with Crippen molar-refractivity contribution in [2.45, 2.75) is 19.5 Å². The average Bonchev–Trinajstić information content (AvgIpc) is 2.92. The Labute approximate surface area is 116 Å². The molecule has 1 aliphatic heterocycles. The number of hydrogen-bond acceptors (Lipinski definition) is 6. The number of nitrogens with one attached hydrogen (secondary N) is 2. The van der Waals surface area contributed by atoms with Crippen LogP contribution in [-0.2, 0) is 11.3 Å². The van der Waals surface area contributed by atoms with Crippen molar-refractivity contribution in [3.05, 3.63) is 30.5 Å². The van der Waals surface area contributed by atoms with Gasteiger partial charge in [0, 0.05) is 7.05 Å². The quantitative estimate of drug-likeness (QED) is 0.881. The molecule has 1 amide bonds.